The first kappa shape index (κ1) is 22.0. The van der Waals surface area contributed by atoms with Crippen molar-refractivity contribution in [3.63, 3.8) is 0 Å². The Labute approximate surface area is 193 Å². The van der Waals surface area contributed by atoms with E-state index in [1.165, 1.54) is 15.9 Å². The molecule has 0 aliphatic carbocycles. The summed E-state index contributed by atoms with van der Waals surface area (Å²) in [5.74, 6) is 0.141. The fourth-order valence-corrected chi connectivity index (χ4v) is 4.99. The minimum atomic E-state index is -0.737. The molecule has 0 saturated carbocycles. The van der Waals surface area contributed by atoms with Gasteiger partial charge in [-0.15, -0.1) is 0 Å². The van der Waals surface area contributed by atoms with Crippen LogP contribution in [0.25, 0.3) is 6.08 Å². The second kappa shape index (κ2) is 9.14. The van der Waals surface area contributed by atoms with E-state index in [4.69, 9.17) is 21.1 Å². The Morgan fingerprint density at radius 1 is 1.22 bits per heavy atom. The Morgan fingerprint density at radius 2 is 1.94 bits per heavy atom. The molecular formula is C24H21ClN2O4S. The van der Waals surface area contributed by atoms with Crippen LogP contribution in [0, 0.1) is 0 Å². The maximum absolute atomic E-state index is 13.6. The highest BCUT2D eigenvalue weighted by Gasteiger charge is 2.34. The van der Waals surface area contributed by atoms with Crippen LogP contribution >= 0.6 is 22.9 Å². The van der Waals surface area contributed by atoms with Crippen molar-refractivity contribution in [1.82, 2.24) is 4.57 Å². The summed E-state index contributed by atoms with van der Waals surface area (Å²) in [6, 6.07) is 13.9. The van der Waals surface area contributed by atoms with Crippen LogP contribution in [0.1, 0.15) is 31.0 Å². The van der Waals surface area contributed by atoms with Gasteiger partial charge in [-0.1, -0.05) is 59.3 Å². The Hall–Kier alpha value is -3.16. The zero-order valence-corrected chi connectivity index (χ0v) is 19.4. The molecule has 164 valence electrons. The molecule has 0 saturated heterocycles. The third-order valence-electron chi connectivity index (χ3n) is 5.14. The molecule has 0 radical (unpaired) electrons. The second-order valence-corrected chi connectivity index (χ2v) is 8.48. The highest BCUT2D eigenvalue weighted by Crippen LogP contribution is 2.34. The van der Waals surface area contributed by atoms with Crippen molar-refractivity contribution >= 4 is 35.0 Å². The van der Waals surface area contributed by atoms with Crippen LogP contribution in [0.4, 0.5) is 0 Å². The summed E-state index contributed by atoms with van der Waals surface area (Å²) >= 11 is 7.76. The summed E-state index contributed by atoms with van der Waals surface area (Å²) in [6.45, 7) is 3.69. The molecule has 2 heterocycles. The number of halogens is 1. The summed E-state index contributed by atoms with van der Waals surface area (Å²) in [7, 11) is 1.58. The van der Waals surface area contributed by atoms with E-state index in [9.17, 15) is 9.59 Å². The number of allylic oxidation sites excluding steroid dienone is 1. The first-order chi connectivity index (χ1) is 15.5. The van der Waals surface area contributed by atoms with E-state index in [1.807, 2.05) is 36.4 Å². The van der Waals surface area contributed by atoms with Gasteiger partial charge in [0.2, 0.25) is 0 Å². The lowest BCUT2D eigenvalue weighted by atomic mass is 9.96. The van der Waals surface area contributed by atoms with Crippen LogP contribution in [0.3, 0.4) is 0 Å². The topological polar surface area (TPSA) is 69.9 Å². The summed E-state index contributed by atoms with van der Waals surface area (Å²) < 4.78 is 12.7. The zero-order valence-electron chi connectivity index (χ0n) is 17.8. The quantitative estimate of drug-likeness (QED) is 0.538. The van der Waals surface area contributed by atoms with E-state index in [-0.39, 0.29) is 12.2 Å². The lowest BCUT2D eigenvalue weighted by molar-refractivity contribution is -0.139. The van der Waals surface area contributed by atoms with Gasteiger partial charge < -0.3 is 9.47 Å². The third-order valence-corrected chi connectivity index (χ3v) is 6.47. The van der Waals surface area contributed by atoms with Gasteiger partial charge in [-0.25, -0.2) is 9.79 Å². The Morgan fingerprint density at radius 3 is 2.66 bits per heavy atom. The molecule has 4 rings (SSSR count). The highest BCUT2D eigenvalue weighted by molar-refractivity contribution is 7.07. The van der Waals surface area contributed by atoms with Gasteiger partial charge >= 0.3 is 5.97 Å². The van der Waals surface area contributed by atoms with Crippen molar-refractivity contribution in [1.29, 1.82) is 0 Å². The molecule has 1 unspecified atom stereocenters. The van der Waals surface area contributed by atoms with E-state index in [0.29, 0.717) is 36.9 Å². The number of hydrogen-bond donors (Lipinski definition) is 0. The number of carbonyl (C=O) groups is 1. The monoisotopic (exact) mass is 468 g/mol. The standard InChI is InChI=1S/C24H21ClN2O4S/c1-4-31-23(29)20-14(2)26-24-27(21(20)16-10-6-7-11-17(16)25)22(28)19(32-24)13-15-9-5-8-12-18(15)30-3/h5-13,21H,4H2,1-3H3/b19-13+. The van der Waals surface area contributed by atoms with Gasteiger partial charge in [-0.3, -0.25) is 9.36 Å². The number of methoxy groups -OCH3 is 1. The number of carbonyl (C=O) groups excluding carboxylic acids is 1. The van der Waals surface area contributed by atoms with Gasteiger partial charge in [-0.05, 0) is 37.6 Å². The molecule has 1 atom stereocenters. The van der Waals surface area contributed by atoms with E-state index >= 15 is 0 Å². The molecule has 1 aromatic heterocycles. The minimum Gasteiger partial charge on any atom is -0.496 e. The molecule has 0 amide bonds. The molecule has 32 heavy (non-hydrogen) atoms. The number of benzene rings is 2. The van der Waals surface area contributed by atoms with Crippen molar-refractivity contribution in [2.24, 2.45) is 4.99 Å². The molecule has 0 N–H and O–H groups in total. The number of esters is 1. The highest BCUT2D eigenvalue weighted by atomic mass is 35.5. The van der Waals surface area contributed by atoms with Crippen LogP contribution in [0.2, 0.25) is 5.02 Å². The molecule has 6 nitrogen and oxygen atoms in total. The Kier molecular flexibility index (Phi) is 6.30. The van der Waals surface area contributed by atoms with Gasteiger partial charge in [0.15, 0.2) is 4.80 Å². The van der Waals surface area contributed by atoms with Gasteiger partial charge in [0, 0.05) is 10.6 Å². The smallest absolute Gasteiger partial charge is 0.338 e. The molecule has 8 heteroatoms. The number of para-hydroxylation sites is 1. The summed E-state index contributed by atoms with van der Waals surface area (Å²) in [5, 5.41) is 0.452. The average Bonchev–Trinajstić information content (AvgIpc) is 3.08. The number of ether oxygens (including phenoxy) is 2. The first-order valence-corrected chi connectivity index (χ1v) is 11.2. The molecule has 3 aromatic rings. The molecule has 2 aromatic carbocycles. The molecule has 0 spiro atoms. The summed E-state index contributed by atoms with van der Waals surface area (Å²) in [4.78, 5) is 31.5. The van der Waals surface area contributed by atoms with E-state index in [2.05, 4.69) is 4.99 Å². The van der Waals surface area contributed by atoms with Crippen LogP contribution < -0.4 is 19.6 Å². The van der Waals surface area contributed by atoms with Crippen molar-refractivity contribution in [2.75, 3.05) is 13.7 Å². The predicted molar refractivity (Wildman–Crippen MR) is 125 cm³/mol. The van der Waals surface area contributed by atoms with Crippen molar-refractivity contribution in [2.45, 2.75) is 19.9 Å². The van der Waals surface area contributed by atoms with E-state index in [0.717, 1.165) is 5.56 Å². The van der Waals surface area contributed by atoms with Crippen molar-refractivity contribution in [3.8, 4) is 5.75 Å². The lowest BCUT2D eigenvalue weighted by Gasteiger charge is -2.25. The molecule has 1 aliphatic rings. The fraction of sp³-hybridized carbons (Fsp3) is 0.208. The number of hydrogen-bond acceptors (Lipinski definition) is 6. The number of nitrogens with zero attached hydrogens (tertiary/aromatic N) is 2. The van der Waals surface area contributed by atoms with Crippen LogP contribution in [0.5, 0.6) is 5.75 Å². The van der Waals surface area contributed by atoms with Crippen LogP contribution in [-0.2, 0) is 9.53 Å². The summed E-state index contributed by atoms with van der Waals surface area (Å²) in [6.07, 6.45) is 1.77. The number of thiazole rings is 1. The molecule has 0 fully saturated rings. The normalized spacial score (nSPS) is 15.9. The van der Waals surface area contributed by atoms with Gasteiger partial charge in [-0.2, -0.15) is 0 Å². The lowest BCUT2D eigenvalue weighted by Crippen LogP contribution is -2.40. The molecule has 1 aliphatic heterocycles. The number of fused-ring (bicyclic) bond motifs is 1. The van der Waals surface area contributed by atoms with Crippen LogP contribution in [-0.4, -0.2) is 24.3 Å². The van der Waals surface area contributed by atoms with E-state index in [1.54, 1.807) is 39.2 Å². The molecular weight excluding hydrogens is 448 g/mol. The third kappa shape index (κ3) is 3.89. The largest absolute Gasteiger partial charge is 0.496 e. The first-order valence-electron chi connectivity index (χ1n) is 10.0. The maximum Gasteiger partial charge on any atom is 0.338 e. The Balaban J connectivity index is 1.99. The van der Waals surface area contributed by atoms with Gasteiger partial charge in [0.05, 0.1) is 29.5 Å². The maximum atomic E-state index is 13.6. The van der Waals surface area contributed by atoms with Crippen LogP contribution in [0.15, 0.2) is 69.6 Å². The van der Waals surface area contributed by atoms with Gasteiger partial charge in [0.25, 0.3) is 5.56 Å². The summed E-state index contributed by atoms with van der Waals surface area (Å²) in [5.41, 5.74) is 1.95. The number of aromatic nitrogens is 1. The second-order valence-electron chi connectivity index (χ2n) is 7.07. The minimum absolute atomic E-state index is 0.211. The Bertz CT molecular complexity index is 1400. The SMILES string of the molecule is CCOC(=O)C1=C(C)N=c2s/c(=C/c3ccccc3OC)c(=O)n2C1c1ccccc1Cl. The predicted octanol–water partition coefficient (Wildman–Crippen LogP) is 3.46. The van der Waals surface area contributed by atoms with Crippen molar-refractivity contribution in [3.05, 3.63) is 95.6 Å². The average molecular weight is 469 g/mol. The zero-order chi connectivity index (χ0) is 22.8. The van der Waals surface area contributed by atoms with Crippen molar-refractivity contribution < 1.29 is 14.3 Å². The van der Waals surface area contributed by atoms with E-state index < -0.39 is 12.0 Å². The molecule has 0 bridgehead atoms. The number of rotatable bonds is 5. The fourth-order valence-electron chi connectivity index (χ4n) is 3.71. The van der Waals surface area contributed by atoms with Gasteiger partial charge in [0.1, 0.15) is 11.8 Å².